The molecule has 0 saturated carbocycles. The number of likely N-dealkylation sites (tertiary alicyclic amines) is 1. The predicted octanol–water partition coefficient (Wildman–Crippen LogP) is 4.22. The number of hydrogen-bond acceptors (Lipinski definition) is 5. The van der Waals surface area contributed by atoms with E-state index in [1.807, 2.05) is 25.7 Å². The van der Waals surface area contributed by atoms with Crippen molar-refractivity contribution in [2.75, 3.05) is 18.4 Å². The SMILES string of the molecule is CC(C)(C)c1noc(CCC(=O)Nc2cc(Cl)ccc2C(=O)N2CCCCC2)n1. The largest absolute Gasteiger partial charge is 0.339 e. The number of halogens is 1. The van der Waals surface area contributed by atoms with Crippen molar-refractivity contribution in [1.29, 1.82) is 0 Å². The summed E-state index contributed by atoms with van der Waals surface area (Å²) >= 11 is 6.10. The molecule has 0 aliphatic carbocycles. The molecule has 1 saturated heterocycles. The van der Waals surface area contributed by atoms with Gasteiger partial charge >= 0.3 is 0 Å². The normalized spacial score (nSPS) is 14.7. The molecule has 7 nitrogen and oxygen atoms in total. The molecule has 0 unspecified atom stereocenters. The topological polar surface area (TPSA) is 88.3 Å². The van der Waals surface area contributed by atoms with Gasteiger partial charge in [0.25, 0.3) is 5.91 Å². The van der Waals surface area contributed by atoms with E-state index in [1.54, 1.807) is 18.2 Å². The van der Waals surface area contributed by atoms with E-state index in [0.717, 1.165) is 32.4 Å². The number of carbonyl (C=O) groups is 2. The van der Waals surface area contributed by atoms with Crippen molar-refractivity contribution < 1.29 is 14.1 Å². The van der Waals surface area contributed by atoms with Gasteiger partial charge in [-0.1, -0.05) is 37.5 Å². The third-order valence-corrected chi connectivity index (χ3v) is 5.07. The summed E-state index contributed by atoms with van der Waals surface area (Å²) in [6, 6.07) is 4.95. The lowest BCUT2D eigenvalue weighted by Crippen LogP contribution is -2.36. The van der Waals surface area contributed by atoms with Crippen molar-refractivity contribution in [2.24, 2.45) is 0 Å². The minimum atomic E-state index is -0.240. The zero-order chi connectivity index (χ0) is 21.0. The Kier molecular flexibility index (Phi) is 6.57. The van der Waals surface area contributed by atoms with Gasteiger partial charge in [0, 0.05) is 36.4 Å². The highest BCUT2D eigenvalue weighted by molar-refractivity contribution is 6.31. The average Bonchev–Trinajstić information content (AvgIpc) is 3.16. The van der Waals surface area contributed by atoms with Crippen LogP contribution in [0.4, 0.5) is 5.69 Å². The van der Waals surface area contributed by atoms with Crippen LogP contribution in [0.25, 0.3) is 0 Å². The number of hydrogen-bond donors (Lipinski definition) is 1. The number of aromatic nitrogens is 2. The number of amides is 2. The average molecular weight is 419 g/mol. The number of aryl methyl sites for hydroxylation is 1. The van der Waals surface area contributed by atoms with E-state index in [4.69, 9.17) is 16.1 Å². The van der Waals surface area contributed by atoms with Gasteiger partial charge in [-0.15, -0.1) is 0 Å². The Morgan fingerprint density at radius 1 is 1.21 bits per heavy atom. The van der Waals surface area contributed by atoms with Crippen LogP contribution in [-0.4, -0.2) is 39.9 Å². The van der Waals surface area contributed by atoms with Gasteiger partial charge in [0.2, 0.25) is 11.8 Å². The van der Waals surface area contributed by atoms with Crippen molar-refractivity contribution >= 4 is 29.1 Å². The fourth-order valence-corrected chi connectivity index (χ4v) is 3.34. The number of piperidine rings is 1. The van der Waals surface area contributed by atoms with Crippen molar-refractivity contribution in [2.45, 2.75) is 58.3 Å². The molecule has 1 aromatic carbocycles. The number of nitrogens with zero attached hydrogens (tertiary/aromatic N) is 3. The lowest BCUT2D eigenvalue weighted by molar-refractivity contribution is -0.116. The van der Waals surface area contributed by atoms with Gasteiger partial charge in [-0.05, 0) is 37.5 Å². The summed E-state index contributed by atoms with van der Waals surface area (Å²) in [4.78, 5) is 31.5. The number of benzene rings is 1. The van der Waals surface area contributed by atoms with Crippen molar-refractivity contribution in [3.8, 4) is 0 Å². The first-order valence-electron chi connectivity index (χ1n) is 9.96. The molecule has 8 heteroatoms. The molecule has 1 N–H and O–H groups in total. The summed E-state index contributed by atoms with van der Waals surface area (Å²) in [7, 11) is 0. The van der Waals surface area contributed by atoms with Crippen LogP contribution < -0.4 is 5.32 Å². The lowest BCUT2D eigenvalue weighted by atomic mass is 9.96. The first-order valence-corrected chi connectivity index (χ1v) is 10.3. The molecule has 0 atom stereocenters. The summed E-state index contributed by atoms with van der Waals surface area (Å²) in [5.74, 6) is 0.705. The van der Waals surface area contributed by atoms with Crippen molar-refractivity contribution in [3.63, 3.8) is 0 Å². The maximum absolute atomic E-state index is 12.9. The van der Waals surface area contributed by atoms with Crippen LogP contribution in [0.5, 0.6) is 0 Å². The van der Waals surface area contributed by atoms with Gasteiger partial charge in [-0.25, -0.2) is 0 Å². The number of carbonyl (C=O) groups excluding carboxylic acids is 2. The van der Waals surface area contributed by atoms with E-state index in [0.29, 0.717) is 34.4 Å². The molecular weight excluding hydrogens is 392 g/mol. The summed E-state index contributed by atoms with van der Waals surface area (Å²) in [6.45, 7) is 7.46. The third kappa shape index (κ3) is 5.56. The van der Waals surface area contributed by atoms with Crippen LogP contribution in [0.3, 0.4) is 0 Å². The van der Waals surface area contributed by atoms with Gasteiger partial charge in [0.1, 0.15) is 0 Å². The summed E-state index contributed by atoms with van der Waals surface area (Å²) in [6.07, 6.45) is 3.63. The molecule has 0 spiro atoms. The van der Waals surface area contributed by atoms with Crippen molar-refractivity contribution in [1.82, 2.24) is 15.0 Å². The van der Waals surface area contributed by atoms with E-state index < -0.39 is 0 Å². The highest BCUT2D eigenvalue weighted by Crippen LogP contribution is 2.24. The van der Waals surface area contributed by atoms with Crippen LogP contribution in [0, 0.1) is 0 Å². The zero-order valence-corrected chi connectivity index (χ0v) is 17.9. The van der Waals surface area contributed by atoms with Crippen LogP contribution in [-0.2, 0) is 16.6 Å². The van der Waals surface area contributed by atoms with E-state index in [2.05, 4.69) is 15.5 Å². The molecule has 2 heterocycles. The summed E-state index contributed by atoms with van der Waals surface area (Å²) in [5, 5.41) is 7.24. The second-order valence-electron chi connectivity index (χ2n) is 8.35. The molecular formula is C21H27ClN4O3. The Bertz CT molecular complexity index is 882. The zero-order valence-electron chi connectivity index (χ0n) is 17.1. The molecule has 2 amide bonds. The molecule has 0 radical (unpaired) electrons. The van der Waals surface area contributed by atoms with Crippen LogP contribution in [0.2, 0.25) is 5.02 Å². The Balaban J connectivity index is 1.65. The molecule has 29 heavy (non-hydrogen) atoms. The minimum Gasteiger partial charge on any atom is -0.339 e. The summed E-state index contributed by atoms with van der Waals surface area (Å²) < 4.78 is 5.23. The maximum Gasteiger partial charge on any atom is 0.255 e. The molecule has 3 rings (SSSR count). The fraction of sp³-hybridized carbons (Fsp3) is 0.524. The second kappa shape index (κ2) is 8.95. The Hall–Kier alpha value is -2.41. The van der Waals surface area contributed by atoms with Crippen molar-refractivity contribution in [3.05, 3.63) is 40.5 Å². The lowest BCUT2D eigenvalue weighted by Gasteiger charge is -2.27. The second-order valence-corrected chi connectivity index (χ2v) is 8.79. The molecule has 1 aromatic heterocycles. The maximum atomic E-state index is 12.9. The fourth-order valence-electron chi connectivity index (χ4n) is 3.17. The van der Waals surface area contributed by atoms with Gasteiger partial charge < -0.3 is 14.7 Å². The van der Waals surface area contributed by atoms with E-state index in [-0.39, 0.29) is 23.7 Å². The van der Waals surface area contributed by atoms with Gasteiger partial charge in [-0.3, -0.25) is 9.59 Å². The first kappa shape index (κ1) is 21.3. The minimum absolute atomic E-state index is 0.0802. The molecule has 1 aliphatic rings. The molecule has 1 fully saturated rings. The smallest absolute Gasteiger partial charge is 0.255 e. The standard InChI is InChI=1S/C21H27ClN4O3/c1-21(2,3)20-24-18(29-25-20)10-9-17(27)23-16-13-14(22)7-8-15(16)19(28)26-11-5-4-6-12-26/h7-8,13H,4-6,9-12H2,1-3H3,(H,23,27). The number of rotatable bonds is 5. The van der Waals surface area contributed by atoms with Crippen LogP contribution >= 0.6 is 11.6 Å². The molecule has 1 aliphatic heterocycles. The first-order chi connectivity index (χ1) is 13.7. The Morgan fingerprint density at radius 3 is 2.59 bits per heavy atom. The highest BCUT2D eigenvalue weighted by Gasteiger charge is 2.23. The van der Waals surface area contributed by atoms with E-state index in [9.17, 15) is 9.59 Å². The quantitative estimate of drug-likeness (QED) is 0.785. The highest BCUT2D eigenvalue weighted by atomic mass is 35.5. The van der Waals surface area contributed by atoms with E-state index >= 15 is 0 Å². The Labute approximate surface area is 175 Å². The molecule has 2 aromatic rings. The Morgan fingerprint density at radius 2 is 1.93 bits per heavy atom. The number of anilines is 1. The van der Waals surface area contributed by atoms with Crippen LogP contribution in [0.15, 0.2) is 22.7 Å². The molecule has 156 valence electrons. The van der Waals surface area contributed by atoms with Crippen LogP contribution in [0.1, 0.15) is 68.5 Å². The van der Waals surface area contributed by atoms with E-state index in [1.165, 1.54) is 0 Å². The molecule has 0 bridgehead atoms. The van der Waals surface area contributed by atoms with Gasteiger partial charge in [0.05, 0.1) is 11.3 Å². The number of nitrogens with one attached hydrogen (secondary N) is 1. The monoisotopic (exact) mass is 418 g/mol. The third-order valence-electron chi connectivity index (χ3n) is 4.83. The predicted molar refractivity (Wildman–Crippen MR) is 111 cm³/mol. The van der Waals surface area contributed by atoms with Gasteiger partial charge in [-0.2, -0.15) is 4.98 Å². The van der Waals surface area contributed by atoms with Gasteiger partial charge in [0.15, 0.2) is 5.82 Å². The summed E-state index contributed by atoms with van der Waals surface area (Å²) in [5.41, 5.74) is 0.672.